The van der Waals surface area contributed by atoms with Crippen LogP contribution in [0.1, 0.15) is 30.3 Å². The maximum Gasteiger partial charge on any atom is 0.226 e. The normalized spacial score (nSPS) is 18.1. The Morgan fingerprint density at radius 2 is 2.00 bits per heavy atom. The molecule has 5 nitrogen and oxygen atoms in total. The maximum atomic E-state index is 13.8. The minimum atomic E-state index is -0.576. The Morgan fingerprint density at radius 3 is 2.71 bits per heavy atom. The minimum Gasteiger partial charge on any atom is -0.342 e. The largest absolute Gasteiger partial charge is 0.342 e. The summed E-state index contributed by atoms with van der Waals surface area (Å²) in [6.45, 7) is 1.80. The molecule has 1 aromatic heterocycles. The highest BCUT2D eigenvalue weighted by Gasteiger charge is 2.31. The van der Waals surface area contributed by atoms with Crippen LogP contribution in [0, 0.1) is 17.6 Å². The number of H-pyrrole nitrogens is 1. The molecule has 1 aliphatic rings. The number of fused-ring (bicyclic) bond motifs is 1. The topological polar surface area (TPSA) is 61.9 Å². The number of likely N-dealkylation sites (N-methyl/N-ethyl adjacent to an activating group) is 1. The molecule has 0 bridgehead atoms. The summed E-state index contributed by atoms with van der Waals surface area (Å²) >= 11 is 0. The molecule has 2 atom stereocenters. The molecule has 3 rings (SSSR count). The van der Waals surface area contributed by atoms with Crippen LogP contribution >= 0.6 is 0 Å². The third-order valence-electron chi connectivity index (χ3n) is 4.79. The second-order valence-corrected chi connectivity index (χ2v) is 6.36. The average molecular weight is 334 g/mol. The fourth-order valence-electron chi connectivity index (χ4n) is 3.16. The van der Waals surface area contributed by atoms with E-state index in [0.29, 0.717) is 19.3 Å². The average Bonchev–Trinajstić information content (AvgIpc) is 3.04. The first-order chi connectivity index (χ1) is 11.5. The Balaban J connectivity index is 1.67. The molecule has 2 aromatic rings. The molecule has 0 spiro atoms. The Labute approximate surface area is 139 Å². The third-order valence-corrected chi connectivity index (χ3v) is 4.79. The van der Waals surface area contributed by atoms with E-state index in [0.717, 1.165) is 11.4 Å². The lowest BCUT2D eigenvalue weighted by Crippen LogP contribution is -2.42. The zero-order valence-corrected chi connectivity index (χ0v) is 13.7. The van der Waals surface area contributed by atoms with E-state index in [2.05, 4.69) is 15.4 Å². The standard InChI is InChI=1S/C17H20F2N4O/c1-10(8-12-13(18)4-3-5-14(12)19)23(2)17(24)11-6-7-15-16(9-11)21-22-20-15/h3-5,10-11H,6-9H2,1-2H3,(H,20,21,22)/t10-,11?/m0/s1. The van der Waals surface area contributed by atoms with Crippen molar-refractivity contribution in [2.24, 2.45) is 5.92 Å². The van der Waals surface area contributed by atoms with Crippen molar-refractivity contribution in [2.75, 3.05) is 7.05 Å². The van der Waals surface area contributed by atoms with Crippen molar-refractivity contribution in [1.82, 2.24) is 20.3 Å². The summed E-state index contributed by atoms with van der Waals surface area (Å²) in [4.78, 5) is 14.3. The van der Waals surface area contributed by atoms with E-state index in [1.54, 1.807) is 18.9 Å². The predicted octanol–water partition coefficient (Wildman–Crippen LogP) is 2.28. The molecule has 1 amide bonds. The Kier molecular flexibility index (Phi) is 4.59. The van der Waals surface area contributed by atoms with Crippen LogP contribution in [0.25, 0.3) is 0 Å². The minimum absolute atomic E-state index is 0.0204. The number of hydrogen-bond donors (Lipinski definition) is 1. The second-order valence-electron chi connectivity index (χ2n) is 6.36. The highest BCUT2D eigenvalue weighted by atomic mass is 19.1. The van der Waals surface area contributed by atoms with E-state index >= 15 is 0 Å². The van der Waals surface area contributed by atoms with E-state index in [1.807, 2.05) is 0 Å². The smallest absolute Gasteiger partial charge is 0.226 e. The third kappa shape index (κ3) is 3.16. The number of rotatable bonds is 4. The van der Waals surface area contributed by atoms with Gasteiger partial charge in [-0.1, -0.05) is 6.07 Å². The Morgan fingerprint density at radius 1 is 1.33 bits per heavy atom. The molecule has 0 saturated heterocycles. The Hall–Kier alpha value is -2.31. The Bertz CT molecular complexity index is 726. The first-order valence-electron chi connectivity index (χ1n) is 8.05. The molecular weight excluding hydrogens is 314 g/mol. The lowest BCUT2D eigenvalue weighted by atomic mass is 9.88. The van der Waals surface area contributed by atoms with Gasteiger partial charge in [0.05, 0.1) is 11.4 Å². The number of nitrogens with one attached hydrogen (secondary N) is 1. The van der Waals surface area contributed by atoms with Crippen molar-refractivity contribution < 1.29 is 13.6 Å². The number of benzene rings is 1. The molecule has 24 heavy (non-hydrogen) atoms. The van der Waals surface area contributed by atoms with Gasteiger partial charge in [-0.2, -0.15) is 15.4 Å². The summed E-state index contributed by atoms with van der Waals surface area (Å²) in [5, 5.41) is 10.7. The predicted molar refractivity (Wildman–Crippen MR) is 84.2 cm³/mol. The molecule has 7 heteroatoms. The van der Waals surface area contributed by atoms with Crippen LogP contribution in [0.15, 0.2) is 18.2 Å². The van der Waals surface area contributed by atoms with Gasteiger partial charge in [0.1, 0.15) is 11.6 Å². The molecule has 0 saturated carbocycles. The number of amides is 1. The fraction of sp³-hybridized carbons (Fsp3) is 0.471. The van der Waals surface area contributed by atoms with Gasteiger partial charge in [-0.15, -0.1) is 0 Å². The number of aromatic nitrogens is 3. The molecule has 0 fully saturated rings. The lowest BCUT2D eigenvalue weighted by molar-refractivity contribution is -0.136. The monoisotopic (exact) mass is 334 g/mol. The van der Waals surface area contributed by atoms with Gasteiger partial charge in [0.25, 0.3) is 0 Å². The quantitative estimate of drug-likeness (QED) is 0.933. The van der Waals surface area contributed by atoms with Gasteiger partial charge in [-0.3, -0.25) is 4.79 Å². The van der Waals surface area contributed by atoms with Gasteiger partial charge in [0.2, 0.25) is 5.91 Å². The molecule has 1 aliphatic carbocycles. The number of carbonyl (C=O) groups is 1. The van der Waals surface area contributed by atoms with Crippen LogP contribution in [0.4, 0.5) is 8.78 Å². The van der Waals surface area contributed by atoms with Crippen molar-refractivity contribution >= 4 is 5.91 Å². The zero-order valence-electron chi connectivity index (χ0n) is 13.7. The summed E-state index contributed by atoms with van der Waals surface area (Å²) in [5.41, 5.74) is 1.77. The fourth-order valence-corrected chi connectivity index (χ4v) is 3.16. The number of nitrogens with zero attached hydrogens (tertiary/aromatic N) is 3. The van der Waals surface area contributed by atoms with Crippen LogP contribution in [-0.4, -0.2) is 39.3 Å². The highest BCUT2D eigenvalue weighted by molar-refractivity contribution is 5.79. The molecule has 1 N–H and O–H groups in total. The van der Waals surface area contributed by atoms with Gasteiger partial charge < -0.3 is 4.90 Å². The highest BCUT2D eigenvalue weighted by Crippen LogP contribution is 2.25. The summed E-state index contributed by atoms with van der Waals surface area (Å²) in [6, 6.07) is 3.51. The molecule has 1 unspecified atom stereocenters. The van der Waals surface area contributed by atoms with E-state index in [1.165, 1.54) is 18.2 Å². The SMILES string of the molecule is C[C@@H](Cc1c(F)cccc1F)N(C)C(=O)C1CCc2n[nH]nc2C1. The van der Waals surface area contributed by atoms with E-state index in [9.17, 15) is 13.6 Å². The summed E-state index contributed by atoms with van der Waals surface area (Å²) in [6.07, 6.45) is 2.12. The van der Waals surface area contributed by atoms with Crippen LogP contribution in [-0.2, 0) is 24.1 Å². The maximum absolute atomic E-state index is 13.8. The van der Waals surface area contributed by atoms with Gasteiger partial charge >= 0.3 is 0 Å². The van der Waals surface area contributed by atoms with Gasteiger partial charge in [0, 0.05) is 31.0 Å². The van der Waals surface area contributed by atoms with Crippen molar-refractivity contribution in [3.8, 4) is 0 Å². The lowest BCUT2D eigenvalue weighted by Gasteiger charge is -2.30. The number of aromatic amines is 1. The van der Waals surface area contributed by atoms with Crippen molar-refractivity contribution in [1.29, 1.82) is 0 Å². The van der Waals surface area contributed by atoms with Crippen molar-refractivity contribution in [3.63, 3.8) is 0 Å². The van der Waals surface area contributed by atoms with Gasteiger partial charge in [-0.25, -0.2) is 8.78 Å². The number of carbonyl (C=O) groups excluding carboxylic acids is 1. The molecule has 128 valence electrons. The number of aryl methyl sites for hydroxylation is 1. The summed E-state index contributed by atoms with van der Waals surface area (Å²) < 4.78 is 27.6. The van der Waals surface area contributed by atoms with Crippen molar-refractivity contribution in [2.45, 2.75) is 38.6 Å². The van der Waals surface area contributed by atoms with Gasteiger partial charge in [-0.05, 0) is 38.3 Å². The van der Waals surface area contributed by atoms with E-state index < -0.39 is 11.6 Å². The molecular formula is C17H20F2N4O. The molecule has 0 aliphatic heterocycles. The van der Waals surface area contributed by atoms with E-state index in [-0.39, 0.29) is 29.9 Å². The first kappa shape index (κ1) is 16.5. The van der Waals surface area contributed by atoms with Crippen LogP contribution in [0.5, 0.6) is 0 Å². The first-order valence-corrected chi connectivity index (χ1v) is 8.05. The molecule has 0 radical (unpaired) electrons. The van der Waals surface area contributed by atoms with E-state index in [4.69, 9.17) is 0 Å². The van der Waals surface area contributed by atoms with Crippen LogP contribution in [0.2, 0.25) is 0 Å². The number of hydrogen-bond acceptors (Lipinski definition) is 3. The zero-order chi connectivity index (χ0) is 17.3. The van der Waals surface area contributed by atoms with Gasteiger partial charge in [0.15, 0.2) is 0 Å². The van der Waals surface area contributed by atoms with Crippen LogP contribution < -0.4 is 0 Å². The van der Waals surface area contributed by atoms with Crippen molar-refractivity contribution in [3.05, 3.63) is 46.8 Å². The number of halogens is 2. The van der Waals surface area contributed by atoms with Crippen LogP contribution in [0.3, 0.4) is 0 Å². The molecule has 1 heterocycles. The molecule has 1 aromatic carbocycles. The summed E-state index contributed by atoms with van der Waals surface area (Å²) in [7, 11) is 1.68. The summed E-state index contributed by atoms with van der Waals surface area (Å²) in [5.74, 6) is -1.34. The second kappa shape index (κ2) is 6.67.